The molecule has 0 aliphatic heterocycles. The van der Waals surface area contributed by atoms with E-state index in [1.54, 1.807) is 11.8 Å². The molecule has 0 spiro atoms. The fourth-order valence-corrected chi connectivity index (χ4v) is 0.875. The van der Waals surface area contributed by atoms with Crippen LogP contribution in [0.3, 0.4) is 0 Å². The average Bonchev–Trinajstić information content (AvgIpc) is 2.48. The molecule has 2 N–H and O–H groups in total. The van der Waals surface area contributed by atoms with E-state index in [0.29, 0.717) is 19.0 Å². The highest BCUT2D eigenvalue weighted by Gasteiger charge is 2.08. The van der Waals surface area contributed by atoms with Crippen molar-refractivity contribution < 1.29 is 4.74 Å². The molecule has 0 amide bonds. The smallest absolute Gasteiger partial charge is 0.167 e. The number of hydrogen-bond donors (Lipinski definition) is 1. The molecular weight excluding hydrogens is 158 g/mol. The number of tetrazole rings is 1. The van der Waals surface area contributed by atoms with E-state index >= 15 is 0 Å². The first-order valence-electron chi connectivity index (χ1n) is 3.76. The summed E-state index contributed by atoms with van der Waals surface area (Å²) >= 11 is 0. The zero-order valence-corrected chi connectivity index (χ0v) is 7.27. The lowest BCUT2D eigenvalue weighted by atomic mass is 10.3. The minimum atomic E-state index is -0.142. The maximum Gasteiger partial charge on any atom is 0.167 e. The molecule has 6 nitrogen and oxygen atoms in total. The van der Waals surface area contributed by atoms with Crippen molar-refractivity contribution in [3.8, 4) is 0 Å². The molecule has 1 unspecified atom stereocenters. The number of nitrogens with two attached hydrogens (primary N) is 1. The first-order chi connectivity index (χ1) is 5.75. The Balaban J connectivity index is 2.64. The van der Waals surface area contributed by atoms with Gasteiger partial charge >= 0.3 is 0 Å². The highest BCUT2D eigenvalue weighted by Crippen LogP contribution is 2.02. The van der Waals surface area contributed by atoms with Crippen molar-refractivity contribution in [3.05, 3.63) is 5.82 Å². The number of methoxy groups -OCH3 is 1. The molecule has 6 heteroatoms. The fourth-order valence-electron chi connectivity index (χ4n) is 0.875. The molecule has 0 aliphatic rings. The van der Waals surface area contributed by atoms with Gasteiger partial charge in [0.15, 0.2) is 5.82 Å². The first kappa shape index (κ1) is 9.08. The molecule has 12 heavy (non-hydrogen) atoms. The average molecular weight is 171 g/mol. The van der Waals surface area contributed by atoms with E-state index in [-0.39, 0.29) is 6.04 Å². The molecule has 0 radical (unpaired) electrons. The van der Waals surface area contributed by atoms with Gasteiger partial charge in [-0.1, -0.05) is 0 Å². The zero-order valence-electron chi connectivity index (χ0n) is 7.27. The van der Waals surface area contributed by atoms with Crippen LogP contribution in [-0.4, -0.2) is 33.9 Å². The SMILES string of the molecule is COCCn1nnnc1C(C)N. The molecular formula is C6H13N5O. The lowest BCUT2D eigenvalue weighted by Gasteiger charge is -2.05. The van der Waals surface area contributed by atoms with E-state index in [1.807, 2.05) is 6.92 Å². The van der Waals surface area contributed by atoms with Gasteiger partial charge in [-0.25, -0.2) is 4.68 Å². The van der Waals surface area contributed by atoms with E-state index in [1.165, 1.54) is 0 Å². The van der Waals surface area contributed by atoms with Crippen LogP contribution >= 0.6 is 0 Å². The number of aromatic nitrogens is 4. The highest BCUT2D eigenvalue weighted by molar-refractivity contribution is 4.86. The van der Waals surface area contributed by atoms with Crippen LogP contribution < -0.4 is 5.73 Å². The van der Waals surface area contributed by atoms with Crippen LogP contribution in [0.15, 0.2) is 0 Å². The molecule has 0 saturated heterocycles. The molecule has 0 aliphatic carbocycles. The monoisotopic (exact) mass is 171 g/mol. The van der Waals surface area contributed by atoms with Crippen molar-refractivity contribution in [1.82, 2.24) is 20.2 Å². The van der Waals surface area contributed by atoms with E-state index in [0.717, 1.165) is 0 Å². The predicted molar refractivity (Wildman–Crippen MR) is 42.3 cm³/mol. The second-order valence-corrected chi connectivity index (χ2v) is 2.54. The van der Waals surface area contributed by atoms with Gasteiger partial charge in [0.2, 0.25) is 0 Å². The first-order valence-corrected chi connectivity index (χ1v) is 3.76. The summed E-state index contributed by atoms with van der Waals surface area (Å²) in [7, 11) is 1.63. The fraction of sp³-hybridized carbons (Fsp3) is 0.833. The molecule has 0 fully saturated rings. The zero-order chi connectivity index (χ0) is 8.97. The molecule has 0 aromatic carbocycles. The van der Waals surface area contributed by atoms with Gasteiger partial charge < -0.3 is 10.5 Å². The van der Waals surface area contributed by atoms with Gasteiger partial charge in [0.1, 0.15) is 0 Å². The van der Waals surface area contributed by atoms with Gasteiger partial charge in [0.25, 0.3) is 0 Å². The van der Waals surface area contributed by atoms with Crippen molar-refractivity contribution in [2.45, 2.75) is 19.5 Å². The lowest BCUT2D eigenvalue weighted by molar-refractivity contribution is 0.181. The Bertz CT molecular complexity index is 234. The van der Waals surface area contributed by atoms with Gasteiger partial charge in [-0.05, 0) is 17.4 Å². The van der Waals surface area contributed by atoms with Crippen molar-refractivity contribution >= 4 is 0 Å². The van der Waals surface area contributed by atoms with Crippen molar-refractivity contribution in [1.29, 1.82) is 0 Å². The summed E-state index contributed by atoms with van der Waals surface area (Å²) in [4.78, 5) is 0. The summed E-state index contributed by atoms with van der Waals surface area (Å²) in [6.07, 6.45) is 0. The van der Waals surface area contributed by atoms with Crippen LogP contribution in [0.1, 0.15) is 18.8 Å². The van der Waals surface area contributed by atoms with Gasteiger partial charge in [0.05, 0.1) is 19.2 Å². The lowest BCUT2D eigenvalue weighted by Crippen LogP contribution is -2.16. The molecule has 68 valence electrons. The number of nitrogens with zero attached hydrogens (tertiary/aromatic N) is 4. The van der Waals surface area contributed by atoms with Crippen LogP contribution in [-0.2, 0) is 11.3 Å². The summed E-state index contributed by atoms with van der Waals surface area (Å²) < 4.78 is 6.54. The molecule has 1 heterocycles. The molecule has 1 atom stereocenters. The van der Waals surface area contributed by atoms with Crippen LogP contribution in [0.5, 0.6) is 0 Å². The quantitative estimate of drug-likeness (QED) is 0.650. The van der Waals surface area contributed by atoms with Crippen molar-refractivity contribution in [2.24, 2.45) is 5.73 Å². The van der Waals surface area contributed by atoms with E-state index in [4.69, 9.17) is 10.5 Å². The van der Waals surface area contributed by atoms with Crippen molar-refractivity contribution in [3.63, 3.8) is 0 Å². The molecule has 0 bridgehead atoms. The Morgan fingerprint density at radius 2 is 2.42 bits per heavy atom. The maximum absolute atomic E-state index is 5.63. The summed E-state index contributed by atoms with van der Waals surface area (Å²) in [6.45, 7) is 3.07. The van der Waals surface area contributed by atoms with Gasteiger partial charge in [-0.15, -0.1) is 5.10 Å². The van der Waals surface area contributed by atoms with Gasteiger partial charge in [-0.2, -0.15) is 0 Å². The second-order valence-electron chi connectivity index (χ2n) is 2.54. The van der Waals surface area contributed by atoms with Crippen molar-refractivity contribution in [2.75, 3.05) is 13.7 Å². The third-order valence-electron chi connectivity index (χ3n) is 1.47. The molecule has 1 rings (SSSR count). The Kier molecular flexibility index (Phi) is 3.12. The molecule has 1 aromatic heterocycles. The van der Waals surface area contributed by atoms with Gasteiger partial charge in [-0.3, -0.25) is 0 Å². The van der Waals surface area contributed by atoms with E-state index in [9.17, 15) is 0 Å². The van der Waals surface area contributed by atoms with Gasteiger partial charge in [0, 0.05) is 7.11 Å². The van der Waals surface area contributed by atoms with E-state index < -0.39 is 0 Å². The number of rotatable bonds is 4. The summed E-state index contributed by atoms with van der Waals surface area (Å²) in [5.41, 5.74) is 5.63. The predicted octanol–water partition coefficient (Wildman–Crippen LogP) is -0.661. The maximum atomic E-state index is 5.63. The summed E-state index contributed by atoms with van der Waals surface area (Å²) in [5, 5.41) is 11.1. The standard InChI is InChI=1S/C6H13N5O/c1-5(7)6-8-9-10-11(6)3-4-12-2/h5H,3-4,7H2,1-2H3. The largest absolute Gasteiger partial charge is 0.383 e. The Hall–Kier alpha value is -1.01. The molecule has 0 saturated carbocycles. The number of ether oxygens (including phenoxy) is 1. The topological polar surface area (TPSA) is 78.8 Å². The molecule has 1 aromatic rings. The third-order valence-corrected chi connectivity index (χ3v) is 1.47. The minimum absolute atomic E-state index is 0.142. The highest BCUT2D eigenvalue weighted by atomic mass is 16.5. The third kappa shape index (κ3) is 1.99. The Labute approximate surface area is 70.7 Å². The Morgan fingerprint density at radius 1 is 1.67 bits per heavy atom. The van der Waals surface area contributed by atoms with E-state index in [2.05, 4.69) is 15.5 Å². The van der Waals surface area contributed by atoms with Crippen LogP contribution in [0.25, 0.3) is 0 Å². The second kappa shape index (κ2) is 4.13. The van der Waals surface area contributed by atoms with Crippen LogP contribution in [0.4, 0.5) is 0 Å². The summed E-state index contributed by atoms with van der Waals surface area (Å²) in [6, 6.07) is -0.142. The summed E-state index contributed by atoms with van der Waals surface area (Å²) in [5.74, 6) is 0.687. The van der Waals surface area contributed by atoms with Crippen LogP contribution in [0, 0.1) is 0 Å². The minimum Gasteiger partial charge on any atom is -0.383 e. The Morgan fingerprint density at radius 3 is 3.00 bits per heavy atom. The van der Waals surface area contributed by atoms with Crippen LogP contribution in [0.2, 0.25) is 0 Å². The number of hydrogen-bond acceptors (Lipinski definition) is 5. The normalized spacial score (nSPS) is 13.2.